The minimum Gasteiger partial charge on any atom is -0.465 e. The van der Waals surface area contributed by atoms with Crippen LogP contribution in [0.3, 0.4) is 0 Å². The summed E-state index contributed by atoms with van der Waals surface area (Å²) >= 11 is 1.38. The van der Waals surface area contributed by atoms with Crippen molar-refractivity contribution in [3.8, 4) is 0 Å². The number of rotatable bonds is 13. The number of amides is 2. The molecule has 1 aliphatic carbocycles. The van der Waals surface area contributed by atoms with Crippen molar-refractivity contribution in [3.63, 3.8) is 0 Å². The fourth-order valence-corrected chi connectivity index (χ4v) is 9.33. The van der Waals surface area contributed by atoms with Crippen LogP contribution in [0.5, 0.6) is 0 Å². The lowest BCUT2D eigenvalue weighted by atomic mass is 9.95. The summed E-state index contributed by atoms with van der Waals surface area (Å²) in [5.74, 6) is -1.78. The Balaban J connectivity index is 1.16. The van der Waals surface area contributed by atoms with Crippen LogP contribution in [-0.4, -0.2) is 52.9 Å². The molecule has 0 bridgehead atoms. The van der Waals surface area contributed by atoms with E-state index in [4.69, 9.17) is 9.47 Å². The summed E-state index contributed by atoms with van der Waals surface area (Å²) in [6.45, 7) is 1.80. The highest BCUT2D eigenvalue weighted by Gasteiger charge is 2.28. The van der Waals surface area contributed by atoms with Gasteiger partial charge in [0.05, 0.1) is 41.5 Å². The number of methoxy groups -OCH3 is 2. The van der Waals surface area contributed by atoms with E-state index in [0.717, 1.165) is 53.7 Å². The minimum absolute atomic E-state index is 0.0811. The van der Waals surface area contributed by atoms with Crippen molar-refractivity contribution in [2.45, 2.75) is 50.3 Å². The van der Waals surface area contributed by atoms with Crippen molar-refractivity contribution >= 4 is 61.5 Å². The highest BCUT2D eigenvalue weighted by molar-refractivity contribution is 7.92. The van der Waals surface area contributed by atoms with E-state index in [2.05, 4.69) is 10.6 Å². The van der Waals surface area contributed by atoms with Gasteiger partial charge in [-0.25, -0.2) is 18.0 Å². The predicted octanol–water partition coefficient (Wildman–Crippen LogP) is 7.71. The van der Waals surface area contributed by atoms with Crippen molar-refractivity contribution in [3.05, 3.63) is 141 Å². The summed E-state index contributed by atoms with van der Waals surface area (Å²) in [6, 6.07) is 26.8. The Hall–Kier alpha value is -5.79. The molecule has 0 fully saturated rings. The number of carbonyl (C=O) groups is 4. The molecule has 4 aromatic carbocycles. The highest BCUT2D eigenvalue weighted by atomic mass is 32.2. The van der Waals surface area contributed by atoms with E-state index in [1.807, 2.05) is 36.4 Å². The van der Waals surface area contributed by atoms with Gasteiger partial charge in [0.25, 0.3) is 21.8 Å². The second kappa shape index (κ2) is 17.1. The van der Waals surface area contributed by atoms with E-state index in [0.29, 0.717) is 33.9 Å². The number of esters is 2. The van der Waals surface area contributed by atoms with Crippen molar-refractivity contribution in [2.75, 3.05) is 35.7 Å². The van der Waals surface area contributed by atoms with E-state index in [1.54, 1.807) is 19.1 Å². The third-order valence-electron chi connectivity index (χ3n) is 9.46. The lowest BCUT2D eigenvalue weighted by molar-refractivity contribution is 0.0592. The van der Waals surface area contributed by atoms with Gasteiger partial charge < -0.3 is 20.1 Å². The SMILES string of the molecule is CCN(c1ccc(C(=O)OC)cc1)S(=O)(=O)c1cccc(C(=O)Nc2sc3c(c2C(=O)Nc2ccc(CCc4ccc(C(=O)OC)cc4)cc2)CCCC3)c1. The molecule has 0 aliphatic heterocycles. The van der Waals surface area contributed by atoms with Gasteiger partial charge >= 0.3 is 11.9 Å². The number of benzene rings is 4. The fraction of sp³-hybridized carbons (Fsp3) is 0.238. The number of fused-ring (bicyclic) bond motifs is 1. The van der Waals surface area contributed by atoms with Gasteiger partial charge in [0, 0.05) is 22.7 Å². The molecule has 55 heavy (non-hydrogen) atoms. The smallest absolute Gasteiger partial charge is 0.337 e. The topological polar surface area (TPSA) is 148 Å². The van der Waals surface area contributed by atoms with Gasteiger partial charge in [0.2, 0.25) is 0 Å². The van der Waals surface area contributed by atoms with Crippen molar-refractivity contribution in [1.82, 2.24) is 0 Å². The van der Waals surface area contributed by atoms with Crippen LogP contribution in [0.25, 0.3) is 0 Å². The van der Waals surface area contributed by atoms with Gasteiger partial charge in [-0.3, -0.25) is 13.9 Å². The van der Waals surface area contributed by atoms with Crippen LogP contribution in [-0.2, 0) is 45.2 Å². The molecule has 2 N–H and O–H groups in total. The number of hydrogen-bond acceptors (Lipinski definition) is 9. The molecule has 11 nitrogen and oxygen atoms in total. The molecule has 0 saturated carbocycles. The number of anilines is 3. The maximum atomic E-state index is 13.9. The van der Waals surface area contributed by atoms with Crippen molar-refractivity contribution in [1.29, 1.82) is 0 Å². The fourth-order valence-electron chi connectivity index (χ4n) is 6.53. The first kappa shape index (κ1) is 38.9. The maximum Gasteiger partial charge on any atom is 0.337 e. The van der Waals surface area contributed by atoms with Crippen LogP contribution in [0.2, 0.25) is 0 Å². The third-order valence-corrected chi connectivity index (χ3v) is 12.6. The Morgan fingerprint density at radius 1 is 0.709 bits per heavy atom. The average molecular weight is 780 g/mol. The van der Waals surface area contributed by atoms with Crippen LogP contribution >= 0.6 is 11.3 Å². The zero-order chi connectivity index (χ0) is 39.1. The molecule has 1 aliphatic rings. The van der Waals surface area contributed by atoms with Gasteiger partial charge in [-0.05, 0) is 129 Å². The molecule has 1 aromatic heterocycles. The molecule has 284 valence electrons. The molecular weight excluding hydrogens is 739 g/mol. The number of ether oxygens (including phenoxy) is 2. The molecular formula is C42H41N3O8S2. The van der Waals surface area contributed by atoms with E-state index in [9.17, 15) is 27.6 Å². The third kappa shape index (κ3) is 8.79. The first-order valence-corrected chi connectivity index (χ1v) is 20.1. The van der Waals surface area contributed by atoms with Crippen LogP contribution in [0.1, 0.15) is 82.8 Å². The normalized spacial score (nSPS) is 12.3. The monoisotopic (exact) mass is 779 g/mol. The van der Waals surface area contributed by atoms with E-state index in [-0.39, 0.29) is 34.4 Å². The van der Waals surface area contributed by atoms with E-state index < -0.39 is 21.9 Å². The zero-order valence-electron chi connectivity index (χ0n) is 30.7. The van der Waals surface area contributed by atoms with E-state index in [1.165, 1.54) is 78.4 Å². The lowest BCUT2D eigenvalue weighted by Gasteiger charge is -2.23. The minimum atomic E-state index is -4.10. The Labute approximate surface area is 324 Å². The number of thiophene rings is 1. The Morgan fingerprint density at radius 3 is 1.89 bits per heavy atom. The molecule has 2 amide bonds. The summed E-state index contributed by atoms with van der Waals surface area (Å²) < 4.78 is 38.3. The van der Waals surface area contributed by atoms with Crippen molar-refractivity contribution in [2.24, 2.45) is 0 Å². The molecule has 0 radical (unpaired) electrons. The van der Waals surface area contributed by atoms with Gasteiger partial charge in [0.1, 0.15) is 5.00 Å². The van der Waals surface area contributed by atoms with Gasteiger partial charge in [-0.2, -0.15) is 0 Å². The molecule has 0 atom stereocenters. The number of hydrogen-bond donors (Lipinski definition) is 2. The van der Waals surface area contributed by atoms with E-state index >= 15 is 0 Å². The lowest BCUT2D eigenvalue weighted by Crippen LogP contribution is -2.31. The Bertz CT molecular complexity index is 2320. The number of nitrogens with zero attached hydrogens (tertiary/aromatic N) is 1. The summed E-state index contributed by atoms with van der Waals surface area (Å²) in [5, 5.41) is 6.35. The summed E-state index contributed by atoms with van der Waals surface area (Å²) in [6.07, 6.45) is 4.97. The van der Waals surface area contributed by atoms with Crippen LogP contribution < -0.4 is 14.9 Å². The van der Waals surface area contributed by atoms with Gasteiger partial charge in [-0.1, -0.05) is 30.3 Å². The maximum absolute atomic E-state index is 13.9. The summed E-state index contributed by atoms with van der Waals surface area (Å²) in [5.41, 5.74) is 5.38. The van der Waals surface area contributed by atoms with Crippen LogP contribution in [0.4, 0.5) is 16.4 Å². The molecule has 0 spiro atoms. The number of sulfonamides is 1. The van der Waals surface area contributed by atoms with Crippen LogP contribution in [0, 0.1) is 0 Å². The molecule has 6 rings (SSSR count). The van der Waals surface area contributed by atoms with Crippen LogP contribution in [0.15, 0.2) is 102 Å². The average Bonchev–Trinajstić information content (AvgIpc) is 3.58. The molecule has 0 saturated heterocycles. The molecule has 5 aromatic rings. The van der Waals surface area contributed by atoms with Crippen molar-refractivity contribution < 1.29 is 37.1 Å². The molecule has 1 heterocycles. The molecule has 13 heteroatoms. The first-order valence-electron chi connectivity index (χ1n) is 17.9. The number of aryl methyl sites for hydroxylation is 3. The molecule has 0 unspecified atom stereocenters. The van der Waals surface area contributed by atoms with Gasteiger partial charge in [0.15, 0.2) is 0 Å². The Kier molecular flexibility index (Phi) is 12.1. The quantitative estimate of drug-likeness (QED) is 0.116. The first-order chi connectivity index (χ1) is 26.5. The largest absolute Gasteiger partial charge is 0.465 e. The highest BCUT2D eigenvalue weighted by Crippen LogP contribution is 2.39. The predicted molar refractivity (Wildman–Crippen MR) is 213 cm³/mol. The van der Waals surface area contributed by atoms with Gasteiger partial charge in [-0.15, -0.1) is 11.3 Å². The second-order valence-corrected chi connectivity index (χ2v) is 15.9. The Morgan fingerprint density at radius 2 is 1.29 bits per heavy atom. The summed E-state index contributed by atoms with van der Waals surface area (Å²) in [7, 11) is -1.47. The second-order valence-electron chi connectivity index (χ2n) is 12.9. The summed E-state index contributed by atoms with van der Waals surface area (Å²) in [4.78, 5) is 52.2. The number of nitrogens with one attached hydrogen (secondary N) is 2. The standard InChI is InChI=1S/C42H41N3O8S2/c1-4-45(33-24-20-30(21-25-33)42(49)53-3)55(50,51)34-9-7-8-31(26-34)38(46)44-40-37(35-10-5-6-11-36(35)54-40)39(47)43-32-22-16-28(17-23-32)13-12-27-14-18-29(19-15-27)41(48)52-2/h7-9,14-26H,4-6,10-13H2,1-3H3,(H,43,47)(H,44,46). The zero-order valence-corrected chi connectivity index (χ0v) is 32.4. The number of carbonyl (C=O) groups excluding carboxylic acids is 4.